The van der Waals surface area contributed by atoms with E-state index in [9.17, 15) is 4.79 Å². The third-order valence-corrected chi connectivity index (χ3v) is 4.91. The molecule has 27 heavy (non-hydrogen) atoms. The molecule has 3 aromatic heterocycles. The molecule has 1 atom stereocenters. The van der Waals surface area contributed by atoms with E-state index < -0.39 is 6.04 Å². The lowest BCUT2D eigenvalue weighted by Gasteiger charge is -2.34. The fourth-order valence-corrected chi connectivity index (χ4v) is 3.62. The predicted octanol–water partition coefficient (Wildman–Crippen LogP) is 2.13. The SMILES string of the molecule is Cc1ccc(CNC(=O)C2c3c(ncn3C)CCN2Cc2cccnc2)o1. The number of hydrogen-bond acceptors (Lipinski definition) is 5. The minimum Gasteiger partial charge on any atom is -0.465 e. The Morgan fingerprint density at radius 1 is 1.37 bits per heavy atom. The van der Waals surface area contributed by atoms with E-state index in [1.165, 1.54) is 0 Å². The number of carbonyl (C=O) groups is 1. The van der Waals surface area contributed by atoms with E-state index in [0.29, 0.717) is 13.1 Å². The van der Waals surface area contributed by atoms with Crippen LogP contribution in [0.1, 0.15) is 34.5 Å². The number of fused-ring (bicyclic) bond motifs is 1. The van der Waals surface area contributed by atoms with E-state index in [1.807, 2.05) is 49.0 Å². The van der Waals surface area contributed by atoms with Crippen LogP contribution in [0, 0.1) is 6.92 Å². The summed E-state index contributed by atoms with van der Waals surface area (Å²) in [7, 11) is 1.94. The molecule has 7 heteroatoms. The number of rotatable bonds is 5. The first-order valence-electron chi connectivity index (χ1n) is 9.08. The van der Waals surface area contributed by atoms with E-state index in [2.05, 4.69) is 20.2 Å². The maximum atomic E-state index is 13.1. The van der Waals surface area contributed by atoms with E-state index in [4.69, 9.17) is 4.42 Å². The molecule has 0 aromatic carbocycles. The van der Waals surface area contributed by atoms with Gasteiger partial charge in [0.1, 0.15) is 17.6 Å². The van der Waals surface area contributed by atoms with Crippen molar-refractivity contribution < 1.29 is 9.21 Å². The van der Waals surface area contributed by atoms with Crippen molar-refractivity contribution in [2.45, 2.75) is 32.5 Å². The highest BCUT2D eigenvalue weighted by atomic mass is 16.3. The number of aromatic nitrogens is 3. The first-order chi connectivity index (χ1) is 13.1. The summed E-state index contributed by atoms with van der Waals surface area (Å²) in [6.07, 6.45) is 6.22. The molecule has 4 rings (SSSR count). The molecule has 4 heterocycles. The number of hydrogen-bond donors (Lipinski definition) is 1. The zero-order valence-electron chi connectivity index (χ0n) is 15.6. The van der Waals surface area contributed by atoms with Crippen LogP contribution >= 0.6 is 0 Å². The number of pyridine rings is 1. The van der Waals surface area contributed by atoms with Crippen molar-refractivity contribution in [2.24, 2.45) is 7.05 Å². The van der Waals surface area contributed by atoms with Gasteiger partial charge in [-0.2, -0.15) is 0 Å². The van der Waals surface area contributed by atoms with Crippen molar-refractivity contribution in [1.82, 2.24) is 24.8 Å². The number of nitrogens with one attached hydrogen (secondary N) is 1. The van der Waals surface area contributed by atoms with Crippen LogP contribution < -0.4 is 5.32 Å². The third-order valence-electron chi connectivity index (χ3n) is 4.91. The zero-order valence-corrected chi connectivity index (χ0v) is 15.6. The van der Waals surface area contributed by atoms with Crippen molar-refractivity contribution in [1.29, 1.82) is 0 Å². The van der Waals surface area contributed by atoms with E-state index >= 15 is 0 Å². The Balaban J connectivity index is 1.57. The monoisotopic (exact) mass is 365 g/mol. The smallest absolute Gasteiger partial charge is 0.243 e. The number of aryl methyl sites for hydroxylation is 2. The van der Waals surface area contributed by atoms with Crippen molar-refractivity contribution in [3.05, 3.63) is 71.5 Å². The molecule has 0 saturated carbocycles. The maximum Gasteiger partial charge on any atom is 0.243 e. The Morgan fingerprint density at radius 2 is 2.26 bits per heavy atom. The predicted molar refractivity (Wildman–Crippen MR) is 99.6 cm³/mol. The Kier molecular flexibility index (Phi) is 4.77. The highest BCUT2D eigenvalue weighted by Crippen LogP contribution is 2.30. The van der Waals surface area contributed by atoms with Crippen LogP contribution in [0.2, 0.25) is 0 Å². The highest BCUT2D eigenvalue weighted by molar-refractivity contribution is 5.83. The van der Waals surface area contributed by atoms with Crippen LogP contribution in [0.15, 0.2) is 47.4 Å². The quantitative estimate of drug-likeness (QED) is 0.750. The average molecular weight is 365 g/mol. The van der Waals surface area contributed by atoms with E-state index in [1.54, 1.807) is 12.5 Å². The summed E-state index contributed by atoms with van der Waals surface area (Å²) in [5.74, 6) is 1.54. The van der Waals surface area contributed by atoms with Gasteiger partial charge in [0.15, 0.2) is 0 Å². The van der Waals surface area contributed by atoms with Gasteiger partial charge in [-0.25, -0.2) is 4.98 Å². The highest BCUT2D eigenvalue weighted by Gasteiger charge is 2.36. The lowest BCUT2D eigenvalue weighted by atomic mass is 10.0. The first-order valence-corrected chi connectivity index (χ1v) is 9.08. The minimum absolute atomic E-state index is 0.0440. The molecule has 0 radical (unpaired) electrons. The molecule has 1 unspecified atom stereocenters. The summed E-state index contributed by atoms with van der Waals surface area (Å²) in [6.45, 7) is 3.70. The standard InChI is InChI=1S/C20H23N5O2/c1-14-5-6-16(27-14)11-22-20(26)19-18-17(23-13-24(18)2)7-9-25(19)12-15-4-3-8-21-10-15/h3-6,8,10,13,19H,7,9,11-12H2,1-2H3,(H,22,26). The van der Waals surface area contributed by atoms with Crippen molar-refractivity contribution >= 4 is 5.91 Å². The maximum absolute atomic E-state index is 13.1. The molecular formula is C20H23N5O2. The third kappa shape index (κ3) is 3.64. The van der Waals surface area contributed by atoms with Crippen LogP contribution in [0.25, 0.3) is 0 Å². The second-order valence-corrected chi connectivity index (χ2v) is 6.90. The molecule has 1 aliphatic heterocycles. The summed E-state index contributed by atoms with van der Waals surface area (Å²) in [5.41, 5.74) is 3.04. The normalized spacial score (nSPS) is 16.9. The summed E-state index contributed by atoms with van der Waals surface area (Å²) < 4.78 is 7.52. The Morgan fingerprint density at radius 3 is 3.00 bits per heavy atom. The van der Waals surface area contributed by atoms with Gasteiger partial charge in [-0.1, -0.05) is 6.07 Å². The van der Waals surface area contributed by atoms with Crippen LogP contribution in [0.4, 0.5) is 0 Å². The summed E-state index contributed by atoms with van der Waals surface area (Å²) in [4.78, 5) is 24.0. The van der Waals surface area contributed by atoms with Crippen LogP contribution in [-0.2, 0) is 31.4 Å². The Bertz CT molecular complexity index is 931. The van der Waals surface area contributed by atoms with Crippen molar-refractivity contribution in [3.8, 4) is 0 Å². The van der Waals surface area contributed by atoms with Gasteiger partial charge >= 0.3 is 0 Å². The molecule has 7 nitrogen and oxygen atoms in total. The molecule has 0 fully saturated rings. The van der Waals surface area contributed by atoms with Gasteiger partial charge in [-0.15, -0.1) is 0 Å². The Hall–Kier alpha value is -2.93. The second-order valence-electron chi connectivity index (χ2n) is 6.90. The lowest BCUT2D eigenvalue weighted by molar-refractivity contribution is -0.127. The van der Waals surface area contributed by atoms with Crippen LogP contribution in [-0.4, -0.2) is 31.9 Å². The molecule has 1 aliphatic rings. The second kappa shape index (κ2) is 7.36. The van der Waals surface area contributed by atoms with E-state index in [-0.39, 0.29) is 5.91 Å². The van der Waals surface area contributed by atoms with Gasteiger partial charge in [0.05, 0.1) is 24.3 Å². The molecule has 1 amide bonds. The number of carbonyl (C=O) groups excluding carboxylic acids is 1. The van der Waals surface area contributed by atoms with Crippen LogP contribution in [0.3, 0.4) is 0 Å². The summed E-state index contributed by atoms with van der Waals surface area (Å²) >= 11 is 0. The average Bonchev–Trinajstić information content (AvgIpc) is 3.26. The van der Waals surface area contributed by atoms with Crippen molar-refractivity contribution in [3.63, 3.8) is 0 Å². The van der Waals surface area contributed by atoms with Crippen molar-refractivity contribution in [2.75, 3.05) is 6.54 Å². The van der Waals surface area contributed by atoms with E-state index in [0.717, 1.165) is 41.4 Å². The summed E-state index contributed by atoms with van der Waals surface area (Å²) in [5, 5.41) is 3.02. The fourth-order valence-electron chi connectivity index (χ4n) is 3.62. The molecule has 0 spiro atoms. The Labute approximate surface area is 158 Å². The topological polar surface area (TPSA) is 76.2 Å². The zero-order chi connectivity index (χ0) is 18.8. The number of nitrogens with zero attached hydrogens (tertiary/aromatic N) is 4. The number of amides is 1. The molecule has 1 N–H and O–H groups in total. The van der Waals surface area contributed by atoms with Gasteiger partial charge in [0.25, 0.3) is 0 Å². The number of furan rings is 1. The number of imidazole rings is 1. The fraction of sp³-hybridized carbons (Fsp3) is 0.350. The largest absolute Gasteiger partial charge is 0.465 e. The minimum atomic E-state index is -0.391. The van der Waals surface area contributed by atoms with Gasteiger partial charge < -0.3 is 14.3 Å². The lowest BCUT2D eigenvalue weighted by Crippen LogP contribution is -2.44. The van der Waals surface area contributed by atoms with Crippen LogP contribution in [0.5, 0.6) is 0 Å². The molecule has 0 bridgehead atoms. The molecule has 140 valence electrons. The first kappa shape index (κ1) is 17.5. The van der Waals surface area contributed by atoms with Gasteiger partial charge in [0, 0.05) is 39.0 Å². The molecule has 0 saturated heterocycles. The van der Waals surface area contributed by atoms with Gasteiger partial charge in [-0.3, -0.25) is 14.7 Å². The van der Waals surface area contributed by atoms with Gasteiger partial charge in [-0.05, 0) is 30.7 Å². The summed E-state index contributed by atoms with van der Waals surface area (Å²) in [6, 6.07) is 7.35. The molecule has 3 aromatic rings. The van der Waals surface area contributed by atoms with Gasteiger partial charge in [0.2, 0.25) is 5.91 Å². The molecule has 0 aliphatic carbocycles. The molecular weight excluding hydrogens is 342 g/mol.